The fourth-order valence-electron chi connectivity index (χ4n) is 1.66. The molecule has 2 aromatic rings. The standard InChI is InChI=1S/C15H14N2O2/c1-10(2)17-15(18)14-8-7-13(19-14)12-5-3-11(9-16)4-6-12/h3-8,10H,1-2H3,(H,17,18). The van der Waals surface area contributed by atoms with E-state index in [1.54, 1.807) is 36.4 Å². The van der Waals surface area contributed by atoms with Crippen LogP contribution < -0.4 is 5.32 Å². The number of benzene rings is 1. The predicted octanol–water partition coefficient (Wildman–Crippen LogP) is 2.96. The molecular formula is C15H14N2O2. The van der Waals surface area contributed by atoms with Crippen molar-refractivity contribution >= 4 is 5.91 Å². The number of nitrogens with zero attached hydrogens (tertiary/aromatic N) is 1. The smallest absolute Gasteiger partial charge is 0.287 e. The number of nitriles is 1. The van der Waals surface area contributed by atoms with Crippen LogP contribution in [0.4, 0.5) is 0 Å². The summed E-state index contributed by atoms with van der Waals surface area (Å²) in [5.41, 5.74) is 1.43. The van der Waals surface area contributed by atoms with Crippen LogP contribution in [0.5, 0.6) is 0 Å². The molecule has 1 heterocycles. The summed E-state index contributed by atoms with van der Waals surface area (Å²) in [6, 6.07) is 12.5. The highest BCUT2D eigenvalue weighted by atomic mass is 16.3. The van der Waals surface area contributed by atoms with Gasteiger partial charge in [0.05, 0.1) is 11.6 Å². The number of hydrogen-bond acceptors (Lipinski definition) is 3. The molecule has 19 heavy (non-hydrogen) atoms. The van der Waals surface area contributed by atoms with Crippen LogP contribution in [-0.2, 0) is 0 Å². The maximum absolute atomic E-state index is 11.8. The van der Waals surface area contributed by atoms with Crippen LogP contribution in [0.2, 0.25) is 0 Å². The first-order valence-electron chi connectivity index (χ1n) is 6.01. The van der Waals surface area contributed by atoms with Gasteiger partial charge in [0.15, 0.2) is 5.76 Å². The Labute approximate surface area is 111 Å². The number of furan rings is 1. The van der Waals surface area contributed by atoms with Crippen LogP contribution in [0, 0.1) is 11.3 Å². The molecule has 2 rings (SSSR count). The van der Waals surface area contributed by atoms with Crippen molar-refractivity contribution in [2.24, 2.45) is 0 Å². The van der Waals surface area contributed by atoms with Gasteiger partial charge in [-0.1, -0.05) is 0 Å². The zero-order chi connectivity index (χ0) is 13.8. The number of carbonyl (C=O) groups excluding carboxylic acids is 1. The quantitative estimate of drug-likeness (QED) is 0.915. The zero-order valence-corrected chi connectivity index (χ0v) is 10.8. The van der Waals surface area contributed by atoms with Crippen LogP contribution in [0.15, 0.2) is 40.8 Å². The van der Waals surface area contributed by atoms with Gasteiger partial charge >= 0.3 is 0 Å². The summed E-state index contributed by atoms with van der Waals surface area (Å²) in [4.78, 5) is 11.8. The summed E-state index contributed by atoms with van der Waals surface area (Å²) in [6.07, 6.45) is 0. The summed E-state index contributed by atoms with van der Waals surface area (Å²) in [5, 5.41) is 11.5. The summed E-state index contributed by atoms with van der Waals surface area (Å²) in [5.74, 6) is 0.668. The minimum atomic E-state index is -0.227. The molecule has 0 aliphatic carbocycles. The topological polar surface area (TPSA) is 66.0 Å². The van der Waals surface area contributed by atoms with Gasteiger partial charge in [-0.05, 0) is 50.2 Å². The number of rotatable bonds is 3. The molecule has 0 bridgehead atoms. The van der Waals surface area contributed by atoms with Crippen molar-refractivity contribution in [2.75, 3.05) is 0 Å². The lowest BCUT2D eigenvalue weighted by Gasteiger charge is -2.05. The fraction of sp³-hybridized carbons (Fsp3) is 0.200. The zero-order valence-electron chi connectivity index (χ0n) is 10.8. The Balaban J connectivity index is 2.20. The first-order chi connectivity index (χ1) is 9.10. The maximum atomic E-state index is 11.8. The molecule has 0 aliphatic rings. The second kappa shape index (κ2) is 5.40. The number of carbonyl (C=O) groups is 1. The van der Waals surface area contributed by atoms with E-state index in [2.05, 4.69) is 11.4 Å². The molecule has 4 nitrogen and oxygen atoms in total. The van der Waals surface area contributed by atoms with Crippen LogP contribution in [0.1, 0.15) is 30.0 Å². The monoisotopic (exact) mass is 254 g/mol. The Kier molecular flexibility index (Phi) is 3.67. The Morgan fingerprint density at radius 2 is 1.89 bits per heavy atom. The third-order valence-corrected chi connectivity index (χ3v) is 2.55. The van der Waals surface area contributed by atoms with E-state index in [-0.39, 0.29) is 17.7 Å². The lowest BCUT2D eigenvalue weighted by molar-refractivity contribution is 0.0916. The van der Waals surface area contributed by atoms with Crippen LogP contribution in [0.3, 0.4) is 0 Å². The van der Waals surface area contributed by atoms with Crippen molar-refractivity contribution in [3.05, 3.63) is 47.7 Å². The van der Waals surface area contributed by atoms with Crippen molar-refractivity contribution in [1.29, 1.82) is 5.26 Å². The maximum Gasteiger partial charge on any atom is 0.287 e. The molecule has 0 atom stereocenters. The molecular weight excluding hydrogens is 240 g/mol. The van der Waals surface area contributed by atoms with E-state index in [0.29, 0.717) is 11.3 Å². The van der Waals surface area contributed by atoms with E-state index in [9.17, 15) is 4.79 Å². The Morgan fingerprint density at radius 3 is 2.47 bits per heavy atom. The van der Waals surface area contributed by atoms with Crippen LogP contribution in [0.25, 0.3) is 11.3 Å². The van der Waals surface area contributed by atoms with E-state index in [0.717, 1.165) is 5.56 Å². The number of nitrogens with one attached hydrogen (secondary N) is 1. The molecule has 4 heteroatoms. The van der Waals surface area contributed by atoms with Gasteiger partial charge in [0.2, 0.25) is 0 Å². The fourth-order valence-corrected chi connectivity index (χ4v) is 1.66. The third kappa shape index (κ3) is 3.02. The summed E-state index contributed by atoms with van der Waals surface area (Å²) in [6.45, 7) is 3.78. The normalized spacial score (nSPS) is 10.2. The summed E-state index contributed by atoms with van der Waals surface area (Å²) in [7, 11) is 0. The number of hydrogen-bond donors (Lipinski definition) is 1. The summed E-state index contributed by atoms with van der Waals surface area (Å²) < 4.78 is 5.51. The van der Waals surface area contributed by atoms with E-state index >= 15 is 0 Å². The molecule has 0 radical (unpaired) electrons. The second-order valence-corrected chi connectivity index (χ2v) is 4.48. The molecule has 0 saturated heterocycles. The van der Waals surface area contributed by atoms with Crippen molar-refractivity contribution in [2.45, 2.75) is 19.9 Å². The average Bonchev–Trinajstić information content (AvgIpc) is 2.88. The van der Waals surface area contributed by atoms with Gasteiger partial charge < -0.3 is 9.73 Å². The van der Waals surface area contributed by atoms with Gasteiger partial charge in [-0.15, -0.1) is 0 Å². The van der Waals surface area contributed by atoms with E-state index in [1.165, 1.54) is 0 Å². The van der Waals surface area contributed by atoms with Crippen molar-refractivity contribution < 1.29 is 9.21 Å². The van der Waals surface area contributed by atoms with Gasteiger partial charge in [-0.2, -0.15) is 5.26 Å². The van der Waals surface area contributed by atoms with Gasteiger partial charge in [0.25, 0.3) is 5.91 Å². The highest BCUT2D eigenvalue weighted by molar-refractivity contribution is 5.92. The molecule has 0 spiro atoms. The predicted molar refractivity (Wildman–Crippen MR) is 71.5 cm³/mol. The van der Waals surface area contributed by atoms with E-state index in [1.807, 2.05) is 13.8 Å². The molecule has 1 amide bonds. The van der Waals surface area contributed by atoms with Crippen molar-refractivity contribution in [3.8, 4) is 17.4 Å². The lowest BCUT2D eigenvalue weighted by Crippen LogP contribution is -2.29. The minimum absolute atomic E-state index is 0.0657. The van der Waals surface area contributed by atoms with Gasteiger partial charge in [0.1, 0.15) is 5.76 Å². The van der Waals surface area contributed by atoms with Gasteiger partial charge in [-0.25, -0.2) is 0 Å². The Bertz CT molecular complexity index is 618. The molecule has 1 aromatic heterocycles. The molecule has 96 valence electrons. The van der Waals surface area contributed by atoms with Crippen molar-refractivity contribution in [1.82, 2.24) is 5.32 Å². The largest absolute Gasteiger partial charge is 0.451 e. The molecule has 0 unspecified atom stereocenters. The van der Waals surface area contributed by atoms with Crippen LogP contribution >= 0.6 is 0 Å². The van der Waals surface area contributed by atoms with E-state index in [4.69, 9.17) is 9.68 Å². The number of amides is 1. The first-order valence-corrected chi connectivity index (χ1v) is 6.01. The molecule has 1 N–H and O–H groups in total. The van der Waals surface area contributed by atoms with E-state index < -0.39 is 0 Å². The molecule has 0 aliphatic heterocycles. The van der Waals surface area contributed by atoms with Gasteiger partial charge in [0, 0.05) is 11.6 Å². The first kappa shape index (κ1) is 12.9. The average molecular weight is 254 g/mol. The second-order valence-electron chi connectivity index (χ2n) is 4.48. The van der Waals surface area contributed by atoms with Crippen LogP contribution in [-0.4, -0.2) is 11.9 Å². The Hall–Kier alpha value is -2.54. The summed E-state index contributed by atoms with van der Waals surface area (Å²) >= 11 is 0. The minimum Gasteiger partial charge on any atom is -0.451 e. The van der Waals surface area contributed by atoms with Crippen molar-refractivity contribution in [3.63, 3.8) is 0 Å². The molecule has 0 saturated carbocycles. The highest BCUT2D eigenvalue weighted by Crippen LogP contribution is 2.22. The Morgan fingerprint density at radius 1 is 1.21 bits per heavy atom. The SMILES string of the molecule is CC(C)NC(=O)c1ccc(-c2ccc(C#N)cc2)o1. The van der Waals surface area contributed by atoms with Gasteiger partial charge in [-0.3, -0.25) is 4.79 Å². The molecule has 1 aromatic carbocycles. The lowest BCUT2D eigenvalue weighted by atomic mass is 10.1. The third-order valence-electron chi connectivity index (χ3n) is 2.55. The molecule has 0 fully saturated rings. The highest BCUT2D eigenvalue weighted by Gasteiger charge is 2.12.